The lowest BCUT2D eigenvalue weighted by atomic mass is 10.2. The van der Waals surface area contributed by atoms with Gasteiger partial charge in [0.1, 0.15) is 0 Å². The van der Waals surface area contributed by atoms with Crippen LogP contribution in [0, 0.1) is 13.8 Å². The van der Waals surface area contributed by atoms with Crippen molar-refractivity contribution in [1.29, 1.82) is 0 Å². The number of fused-ring (bicyclic) bond motifs is 1. The molecule has 0 aliphatic rings. The molecule has 0 saturated carbocycles. The first-order chi connectivity index (χ1) is 12.0. The van der Waals surface area contributed by atoms with Gasteiger partial charge in [0.2, 0.25) is 0 Å². The Labute approximate surface area is 152 Å². The minimum atomic E-state index is 0.0326. The molecule has 0 aliphatic carbocycles. The minimum Gasteiger partial charge on any atom is -0.290 e. The number of nitrogens with zero attached hydrogens (tertiary/aromatic N) is 4. The quantitative estimate of drug-likeness (QED) is 0.368. The van der Waals surface area contributed by atoms with Crippen molar-refractivity contribution in [1.82, 2.24) is 19.3 Å². The van der Waals surface area contributed by atoms with Crippen molar-refractivity contribution in [2.24, 2.45) is 7.05 Å². The minimum absolute atomic E-state index is 0.0326. The summed E-state index contributed by atoms with van der Waals surface area (Å²) in [7, 11) is 1.81. The van der Waals surface area contributed by atoms with Gasteiger partial charge in [-0.15, -0.1) is 0 Å². The first-order valence-corrected chi connectivity index (χ1v) is 9.62. The lowest BCUT2D eigenvalue weighted by Gasteiger charge is -2.09. The Bertz CT molecular complexity index is 929. The van der Waals surface area contributed by atoms with E-state index in [4.69, 9.17) is 0 Å². The topological polar surface area (TPSA) is 52.7 Å². The third-order valence-electron chi connectivity index (χ3n) is 4.22. The molecule has 0 radical (unpaired) electrons. The molecule has 0 N–H and O–H groups in total. The third kappa shape index (κ3) is 4.31. The summed E-state index contributed by atoms with van der Waals surface area (Å²) >= 11 is 1.66. The molecule has 0 unspecified atom stereocenters. The van der Waals surface area contributed by atoms with Crippen LogP contribution in [0.4, 0.5) is 0 Å². The standard InChI is InChI=1S/C19H24N4OS/c1-14-7-8-17-16(11-14)18(24)22(3)19(21-17)25-10-6-4-5-9-23-13-15(2)12-20-23/h7-8,11-13H,4-6,9-10H2,1-3H3. The summed E-state index contributed by atoms with van der Waals surface area (Å²) < 4.78 is 3.66. The number of thioether (sulfide) groups is 1. The number of benzene rings is 1. The number of hydrogen-bond acceptors (Lipinski definition) is 4. The Morgan fingerprint density at radius 3 is 2.72 bits per heavy atom. The van der Waals surface area contributed by atoms with Gasteiger partial charge in [-0.25, -0.2) is 4.98 Å². The number of hydrogen-bond donors (Lipinski definition) is 0. The van der Waals surface area contributed by atoms with Gasteiger partial charge in [0.25, 0.3) is 5.56 Å². The fourth-order valence-corrected chi connectivity index (χ4v) is 3.77. The monoisotopic (exact) mass is 356 g/mol. The fraction of sp³-hybridized carbons (Fsp3) is 0.421. The molecule has 0 saturated heterocycles. The average Bonchev–Trinajstić information content (AvgIpc) is 3.01. The highest BCUT2D eigenvalue weighted by Crippen LogP contribution is 2.19. The number of rotatable bonds is 7. The number of aryl methyl sites for hydroxylation is 3. The zero-order valence-electron chi connectivity index (χ0n) is 15.0. The molecule has 5 nitrogen and oxygen atoms in total. The van der Waals surface area contributed by atoms with Crippen LogP contribution in [0.3, 0.4) is 0 Å². The van der Waals surface area contributed by atoms with Crippen LogP contribution in [0.25, 0.3) is 10.9 Å². The number of unbranched alkanes of at least 4 members (excludes halogenated alkanes) is 2. The van der Waals surface area contributed by atoms with Crippen LogP contribution in [0.5, 0.6) is 0 Å². The average molecular weight is 356 g/mol. The van der Waals surface area contributed by atoms with Crippen LogP contribution in [0.15, 0.2) is 40.5 Å². The molecule has 2 heterocycles. The zero-order valence-corrected chi connectivity index (χ0v) is 15.8. The molecule has 2 aromatic heterocycles. The van der Waals surface area contributed by atoms with E-state index in [1.807, 2.05) is 36.0 Å². The van der Waals surface area contributed by atoms with Crippen molar-refractivity contribution < 1.29 is 0 Å². The summed E-state index contributed by atoms with van der Waals surface area (Å²) in [5.41, 5.74) is 3.10. The van der Waals surface area contributed by atoms with Crippen LogP contribution >= 0.6 is 11.8 Å². The van der Waals surface area contributed by atoms with Crippen molar-refractivity contribution in [2.45, 2.75) is 44.8 Å². The Balaban J connectivity index is 1.53. The Hall–Kier alpha value is -2.08. The van der Waals surface area contributed by atoms with Crippen molar-refractivity contribution in [3.05, 3.63) is 52.1 Å². The van der Waals surface area contributed by atoms with Crippen LogP contribution in [0.2, 0.25) is 0 Å². The van der Waals surface area contributed by atoms with E-state index in [2.05, 4.69) is 23.2 Å². The summed E-state index contributed by atoms with van der Waals surface area (Å²) in [6.45, 7) is 5.01. The summed E-state index contributed by atoms with van der Waals surface area (Å²) in [5, 5.41) is 5.79. The van der Waals surface area contributed by atoms with Crippen molar-refractivity contribution >= 4 is 22.7 Å². The molecule has 132 valence electrons. The maximum absolute atomic E-state index is 12.5. The molecule has 25 heavy (non-hydrogen) atoms. The SMILES string of the molecule is Cc1ccc2nc(SCCCCCn3cc(C)cn3)n(C)c(=O)c2c1. The van der Waals surface area contributed by atoms with Crippen molar-refractivity contribution in [2.75, 3.05) is 5.75 Å². The molecule has 0 aliphatic heterocycles. The van der Waals surface area contributed by atoms with Crippen molar-refractivity contribution in [3.8, 4) is 0 Å². The molecule has 0 amide bonds. The molecular formula is C19H24N4OS. The van der Waals surface area contributed by atoms with Gasteiger partial charge in [0.15, 0.2) is 5.16 Å². The molecule has 3 rings (SSSR count). The molecule has 0 bridgehead atoms. The van der Waals surface area contributed by atoms with E-state index in [-0.39, 0.29) is 5.56 Å². The second-order valence-electron chi connectivity index (χ2n) is 6.47. The Morgan fingerprint density at radius 2 is 1.96 bits per heavy atom. The molecular weight excluding hydrogens is 332 g/mol. The molecule has 0 fully saturated rings. The van der Waals surface area contributed by atoms with Crippen LogP contribution in [0.1, 0.15) is 30.4 Å². The van der Waals surface area contributed by atoms with E-state index in [0.29, 0.717) is 5.39 Å². The van der Waals surface area contributed by atoms with Crippen LogP contribution in [-0.4, -0.2) is 25.1 Å². The first-order valence-electron chi connectivity index (χ1n) is 8.64. The lowest BCUT2D eigenvalue weighted by molar-refractivity contribution is 0.554. The maximum Gasteiger partial charge on any atom is 0.261 e. The smallest absolute Gasteiger partial charge is 0.261 e. The first kappa shape index (κ1) is 17.7. The predicted molar refractivity (Wildman–Crippen MR) is 103 cm³/mol. The van der Waals surface area contributed by atoms with E-state index in [0.717, 1.165) is 47.8 Å². The Kier molecular flexibility index (Phi) is 5.58. The maximum atomic E-state index is 12.5. The number of aromatic nitrogens is 4. The van der Waals surface area contributed by atoms with Gasteiger partial charge in [-0.3, -0.25) is 14.0 Å². The van der Waals surface area contributed by atoms with E-state index in [1.165, 1.54) is 5.56 Å². The largest absolute Gasteiger partial charge is 0.290 e. The van der Waals surface area contributed by atoms with Gasteiger partial charge in [0, 0.05) is 25.5 Å². The fourth-order valence-electron chi connectivity index (χ4n) is 2.80. The van der Waals surface area contributed by atoms with Gasteiger partial charge in [-0.2, -0.15) is 5.10 Å². The van der Waals surface area contributed by atoms with Gasteiger partial charge < -0.3 is 0 Å². The second kappa shape index (κ2) is 7.87. The Morgan fingerprint density at radius 1 is 1.12 bits per heavy atom. The van der Waals surface area contributed by atoms with Gasteiger partial charge >= 0.3 is 0 Å². The highest BCUT2D eigenvalue weighted by atomic mass is 32.2. The highest BCUT2D eigenvalue weighted by molar-refractivity contribution is 7.99. The zero-order chi connectivity index (χ0) is 17.8. The van der Waals surface area contributed by atoms with E-state index >= 15 is 0 Å². The van der Waals surface area contributed by atoms with E-state index in [9.17, 15) is 4.79 Å². The summed E-state index contributed by atoms with van der Waals surface area (Å²) in [6, 6.07) is 5.85. The van der Waals surface area contributed by atoms with Crippen molar-refractivity contribution in [3.63, 3.8) is 0 Å². The van der Waals surface area contributed by atoms with Crippen LogP contribution in [-0.2, 0) is 13.6 Å². The van der Waals surface area contributed by atoms with Crippen LogP contribution < -0.4 is 5.56 Å². The van der Waals surface area contributed by atoms with E-state index < -0.39 is 0 Å². The van der Waals surface area contributed by atoms with Gasteiger partial charge in [0.05, 0.1) is 17.1 Å². The molecule has 0 spiro atoms. The molecule has 6 heteroatoms. The highest BCUT2D eigenvalue weighted by Gasteiger charge is 2.08. The summed E-state index contributed by atoms with van der Waals surface area (Å²) in [5.74, 6) is 0.968. The summed E-state index contributed by atoms with van der Waals surface area (Å²) in [6.07, 6.45) is 7.33. The molecule has 3 aromatic rings. The van der Waals surface area contributed by atoms with Gasteiger partial charge in [-0.1, -0.05) is 29.8 Å². The summed E-state index contributed by atoms with van der Waals surface area (Å²) in [4.78, 5) is 17.2. The normalized spacial score (nSPS) is 11.3. The lowest BCUT2D eigenvalue weighted by Crippen LogP contribution is -2.20. The van der Waals surface area contributed by atoms with E-state index in [1.54, 1.807) is 23.4 Å². The molecule has 1 aromatic carbocycles. The predicted octanol–water partition coefficient (Wildman–Crippen LogP) is 3.71. The second-order valence-corrected chi connectivity index (χ2v) is 7.53. The third-order valence-corrected chi connectivity index (χ3v) is 5.33. The molecule has 0 atom stereocenters. The van der Waals surface area contributed by atoms with Gasteiger partial charge in [-0.05, 0) is 44.4 Å².